The van der Waals surface area contributed by atoms with Gasteiger partial charge in [0.05, 0.1) is 10.9 Å². The van der Waals surface area contributed by atoms with Gasteiger partial charge in [-0.3, -0.25) is 9.69 Å². The Labute approximate surface area is 204 Å². The average Bonchev–Trinajstić information content (AvgIpc) is 2.85. The van der Waals surface area contributed by atoms with Crippen LogP contribution >= 0.6 is 0 Å². The molecule has 0 aliphatic carbocycles. The first-order valence-corrected chi connectivity index (χ1v) is 13.6. The molecule has 1 aliphatic heterocycles. The molecule has 8 heteroatoms. The molecule has 1 aliphatic rings. The van der Waals surface area contributed by atoms with Gasteiger partial charge in [0, 0.05) is 52.2 Å². The van der Waals surface area contributed by atoms with Gasteiger partial charge in [-0.15, -0.1) is 0 Å². The lowest BCUT2D eigenvalue weighted by Crippen LogP contribution is -2.47. The fraction of sp³-hybridized carbons (Fsp3) is 0.500. The van der Waals surface area contributed by atoms with Crippen molar-refractivity contribution in [3.63, 3.8) is 0 Å². The van der Waals surface area contributed by atoms with Crippen LogP contribution in [-0.2, 0) is 21.2 Å². The van der Waals surface area contributed by atoms with E-state index in [1.807, 2.05) is 44.2 Å². The highest BCUT2D eigenvalue weighted by molar-refractivity contribution is 7.89. The smallest absolute Gasteiger partial charge is 0.243 e. The molecule has 1 N–H and O–H groups in total. The maximum absolute atomic E-state index is 12.8. The predicted octanol–water partition coefficient (Wildman–Crippen LogP) is 2.75. The minimum Gasteiger partial charge on any atom is -0.348 e. The van der Waals surface area contributed by atoms with Crippen LogP contribution in [0.1, 0.15) is 37.4 Å². The van der Waals surface area contributed by atoms with Crippen LogP contribution in [0.2, 0.25) is 0 Å². The number of sulfonamides is 1. The summed E-state index contributed by atoms with van der Waals surface area (Å²) in [4.78, 5) is 17.9. The Bertz CT molecular complexity index is 1000. The van der Waals surface area contributed by atoms with Crippen LogP contribution in [0.3, 0.4) is 0 Å². The van der Waals surface area contributed by atoms with Gasteiger partial charge in [0.1, 0.15) is 0 Å². The number of likely N-dealkylation sites (N-methyl/N-ethyl adjacent to an activating group) is 1. The number of nitrogens with one attached hydrogen (secondary N) is 1. The zero-order chi connectivity index (χ0) is 24.6. The van der Waals surface area contributed by atoms with Gasteiger partial charge in [0.25, 0.3) is 0 Å². The Balaban J connectivity index is 1.59. The molecule has 0 bridgehead atoms. The number of carbonyl (C=O) groups is 1. The fourth-order valence-electron chi connectivity index (χ4n) is 4.27. The van der Waals surface area contributed by atoms with Crippen molar-refractivity contribution in [2.75, 3.05) is 52.9 Å². The van der Waals surface area contributed by atoms with Gasteiger partial charge in [0.2, 0.25) is 15.9 Å². The zero-order valence-electron chi connectivity index (χ0n) is 20.6. The maximum atomic E-state index is 12.8. The second-order valence-electron chi connectivity index (χ2n) is 8.87. The molecule has 2 aromatic rings. The normalized spacial score (nSPS) is 16.5. The topological polar surface area (TPSA) is 73.0 Å². The van der Waals surface area contributed by atoms with Crippen molar-refractivity contribution >= 4 is 15.9 Å². The standard InChI is InChI=1S/C26H38N4O3S/c1-4-30(5-2)34(32,33)24-14-11-22(12-15-24)13-16-26(31)27-25(23-9-7-6-8-10-23)21-29-19-17-28(3)18-20-29/h6-12,14-15,25H,4-5,13,16-21H2,1-3H3,(H,27,31). The van der Waals surface area contributed by atoms with Gasteiger partial charge in [-0.2, -0.15) is 4.31 Å². The monoisotopic (exact) mass is 486 g/mol. The van der Waals surface area contributed by atoms with Crippen LogP contribution in [0.5, 0.6) is 0 Å². The number of carbonyl (C=O) groups excluding carboxylic acids is 1. The highest BCUT2D eigenvalue weighted by Crippen LogP contribution is 2.18. The van der Waals surface area contributed by atoms with Crippen LogP contribution in [0.25, 0.3) is 0 Å². The molecular formula is C26H38N4O3S. The second kappa shape index (κ2) is 12.4. The molecule has 0 spiro atoms. The fourth-order valence-corrected chi connectivity index (χ4v) is 5.73. The third-order valence-electron chi connectivity index (χ3n) is 6.48. The van der Waals surface area contributed by atoms with E-state index in [2.05, 4.69) is 34.3 Å². The molecular weight excluding hydrogens is 448 g/mol. The molecule has 34 heavy (non-hydrogen) atoms. The van der Waals surface area contributed by atoms with Crippen molar-refractivity contribution in [2.45, 2.75) is 37.6 Å². The van der Waals surface area contributed by atoms with Crippen molar-refractivity contribution in [3.05, 3.63) is 65.7 Å². The summed E-state index contributed by atoms with van der Waals surface area (Å²) in [6.45, 7) is 9.42. The minimum atomic E-state index is -3.47. The molecule has 1 amide bonds. The van der Waals surface area contributed by atoms with Gasteiger partial charge < -0.3 is 10.2 Å². The number of nitrogens with zero attached hydrogens (tertiary/aromatic N) is 3. The molecule has 3 rings (SSSR count). The molecule has 7 nitrogen and oxygen atoms in total. The van der Waals surface area contributed by atoms with E-state index in [9.17, 15) is 13.2 Å². The third-order valence-corrected chi connectivity index (χ3v) is 8.55. The lowest BCUT2D eigenvalue weighted by atomic mass is 10.0. The molecule has 0 saturated carbocycles. The first kappa shape index (κ1) is 26.3. The molecule has 0 radical (unpaired) electrons. The van der Waals surface area contributed by atoms with Crippen molar-refractivity contribution in [3.8, 4) is 0 Å². The first-order valence-electron chi connectivity index (χ1n) is 12.2. The van der Waals surface area contributed by atoms with E-state index < -0.39 is 10.0 Å². The van der Waals surface area contributed by atoms with E-state index >= 15 is 0 Å². The summed E-state index contributed by atoms with van der Waals surface area (Å²) in [5.41, 5.74) is 2.06. The highest BCUT2D eigenvalue weighted by atomic mass is 32.2. The highest BCUT2D eigenvalue weighted by Gasteiger charge is 2.22. The largest absolute Gasteiger partial charge is 0.348 e. The predicted molar refractivity (Wildman–Crippen MR) is 136 cm³/mol. The summed E-state index contributed by atoms with van der Waals surface area (Å²) in [6.07, 6.45) is 0.918. The summed E-state index contributed by atoms with van der Waals surface area (Å²) in [6, 6.07) is 17.0. The maximum Gasteiger partial charge on any atom is 0.243 e. The summed E-state index contributed by atoms with van der Waals surface area (Å²) in [7, 11) is -1.33. The third kappa shape index (κ3) is 7.12. The van der Waals surface area contributed by atoms with Gasteiger partial charge in [0.15, 0.2) is 0 Å². The summed E-state index contributed by atoms with van der Waals surface area (Å²) in [5.74, 6) is 0.00261. The van der Waals surface area contributed by atoms with Gasteiger partial charge in [-0.1, -0.05) is 56.3 Å². The van der Waals surface area contributed by atoms with Crippen LogP contribution in [0.4, 0.5) is 0 Å². The van der Waals surface area contributed by atoms with Crippen molar-refractivity contribution in [2.24, 2.45) is 0 Å². The number of amides is 1. The van der Waals surface area contributed by atoms with E-state index in [0.717, 1.165) is 43.9 Å². The van der Waals surface area contributed by atoms with Crippen molar-refractivity contribution in [1.29, 1.82) is 0 Å². The van der Waals surface area contributed by atoms with Crippen LogP contribution in [0.15, 0.2) is 59.5 Å². The van der Waals surface area contributed by atoms with E-state index in [-0.39, 0.29) is 11.9 Å². The van der Waals surface area contributed by atoms with Gasteiger partial charge >= 0.3 is 0 Å². The Morgan fingerprint density at radius 1 is 0.971 bits per heavy atom. The number of aryl methyl sites for hydroxylation is 1. The lowest BCUT2D eigenvalue weighted by Gasteiger charge is -2.35. The number of hydrogen-bond donors (Lipinski definition) is 1. The van der Waals surface area contributed by atoms with Crippen LogP contribution in [-0.4, -0.2) is 81.3 Å². The summed E-state index contributed by atoms with van der Waals surface area (Å²) >= 11 is 0. The first-order chi connectivity index (χ1) is 16.3. The number of hydrogen-bond acceptors (Lipinski definition) is 5. The summed E-state index contributed by atoms with van der Waals surface area (Å²) < 4.78 is 26.8. The molecule has 1 fully saturated rings. The Morgan fingerprint density at radius 3 is 2.18 bits per heavy atom. The van der Waals surface area contributed by atoms with Crippen molar-refractivity contribution < 1.29 is 13.2 Å². The van der Waals surface area contributed by atoms with E-state index in [0.29, 0.717) is 30.8 Å². The van der Waals surface area contributed by atoms with Crippen molar-refractivity contribution in [1.82, 2.24) is 19.4 Å². The average molecular weight is 487 g/mol. The Kier molecular flexibility index (Phi) is 9.64. The van der Waals surface area contributed by atoms with E-state index in [4.69, 9.17) is 0 Å². The second-order valence-corrected chi connectivity index (χ2v) is 10.8. The number of piperazine rings is 1. The Morgan fingerprint density at radius 2 is 1.59 bits per heavy atom. The van der Waals surface area contributed by atoms with E-state index in [1.54, 1.807) is 12.1 Å². The number of benzene rings is 2. The molecule has 0 aromatic heterocycles. The van der Waals surface area contributed by atoms with Gasteiger partial charge in [-0.05, 0) is 36.7 Å². The molecule has 2 aromatic carbocycles. The molecule has 1 heterocycles. The minimum absolute atomic E-state index is 0.00261. The lowest BCUT2D eigenvalue weighted by molar-refractivity contribution is -0.122. The van der Waals surface area contributed by atoms with Crippen LogP contribution in [0, 0.1) is 0 Å². The summed E-state index contributed by atoms with van der Waals surface area (Å²) in [5, 5.41) is 3.23. The Hall–Kier alpha value is -2.26. The molecule has 186 valence electrons. The molecule has 1 unspecified atom stereocenters. The number of rotatable bonds is 11. The van der Waals surface area contributed by atoms with E-state index in [1.165, 1.54) is 4.31 Å². The van der Waals surface area contributed by atoms with Crippen LogP contribution < -0.4 is 5.32 Å². The molecule has 1 atom stereocenters. The quantitative estimate of drug-likeness (QED) is 0.529. The SMILES string of the molecule is CCN(CC)S(=O)(=O)c1ccc(CCC(=O)NC(CN2CCN(C)CC2)c2ccccc2)cc1. The van der Waals surface area contributed by atoms with Gasteiger partial charge in [-0.25, -0.2) is 8.42 Å². The molecule has 1 saturated heterocycles. The zero-order valence-corrected chi connectivity index (χ0v) is 21.4.